The number of nitrogens with one attached hydrogen (secondary N) is 1. The summed E-state index contributed by atoms with van der Waals surface area (Å²) in [4.78, 5) is 11.8. The molecule has 3 aliphatic rings. The molecule has 1 fully saturated rings. The van der Waals surface area contributed by atoms with E-state index in [0.29, 0.717) is 11.9 Å². The normalized spacial score (nSPS) is 22.8. The molecule has 2 aromatic rings. The number of benzene rings is 1. The summed E-state index contributed by atoms with van der Waals surface area (Å²) in [7, 11) is 3.85. The summed E-state index contributed by atoms with van der Waals surface area (Å²) < 4.78 is 11.5. The van der Waals surface area contributed by atoms with Crippen LogP contribution in [0.3, 0.4) is 0 Å². The molecule has 0 aliphatic carbocycles. The fourth-order valence-electron chi connectivity index (χ4n) is 4.32. The van der Waals surface area contributed by atoms with Crippen LogP contribution in [0, 0.1) is 13.8 Å². The monoisotopic (exact) mass is 394 g/mol. The Hall–Kier alpha value is -2.71. The molecule has 1 aromatic carbocycles. The summed E-state index contributed by atoms with van der Waals surface area (Å²) in [5, 5.41) is 6.78. The summed E-state index contributed by atoms with van der Waals surface area (Å²) in [5.74, 6) is 1.42. The first-order valence-corrected chi connectivity index (χ1v) is 10.1. The number of methoxy groups -OCH3 is 1. The molecule has 0 spiro atoms. The van der Waals surface area contributed by atoms with Crippen LogP contribution in [-0.2, 0) is 0 Å². The lowest BCUT2D eigenvalue weighted by molar-refractivity contribution is 0.0852. The molecular weight excluding hydrogens is 368 g/mol. The number of likely N-dealkylation sites (tertiary alicyclic amines) is 1. The fourth-order valence-corrected chi connectivity index (χ4v) is 4.32. The maximum Gasteiger partial charge on any atom is 0.192 e. The molecule has 3 aliphatic heterocycles. The van der Waals surface area contributed by atoms with Crippen LogP contribution in [0.4, 0.5) is 0 Å². The highest BCUT2D eigenvalue weighted by Crippen LogP contribution is 2.33. The maximum absolute atomic E-state index is 5.77. The van der Waals surface area contributed by atoms with Gasteiger partial charge in [0, 0.05) is 18.1 Å². The molecule has 1 N–H and O–H groups in total. The molecular formula is C21H26N6O2. The lowest BCUT2D eigenvalue weighted by atomic mass is 10.0. The number of piperidine rings is 1. The molecule has 4 heterocycles. The highest BCUT2D eigenvalue weighted by molar-refractivity contribution is 6.19. The van der Waals surface area contributed by atoms with Crippen LogP contribution in [0.5, 0.6) is 5.75 Å². The number of hydrogen-bond acceptors (Lipinski definition) is 8. The maximum atomic E-state index is 5.77. The number of allylic oxidation sites excluding steroid dienone is 1. The van der Waals surface area contributed by atoms with Crippen LogP contribution >= 0.6 is 0 Å². The van der Waals surface area contributed by atoms with Gasteiger partial charge in [0.1, 0.15) is 17.0 Å². The topological polar surface area (TPSA) is 78.5 Å². The Bertz CT molecular complexity index is 1050. The minimum absolute atomic E-state index is 0.174. The molecule has 0 saturated carbocycles. The third-order valence-electron chi connectivity index (χ3n) is 5.93. The first kappa shape index (κ1) is 18.3. The average molecular weight is 394 g/mol. The number of nitrogens with zero attached hydrogens (tertiary/aromatic N) is 5. The van der Waals surface area contributed by atoms with E-state index >= 15 is 0 Å². The average Bonchev–Trinajstić information content (AvgIpc) is 3.30. The largest absolute Gasteiger partial charge is 0.496 e. The van der Waals surface area contributed by atoms with Gasteiger partial charge in [-0.2, -0.15) is 10.5 Å². The molecule has 0 bridgehead atoms. The fraction of sp³-hybridized carbons (Fsp3) is 0.476. The summed E-state index contributed by atoms with van der Waals surface area (Å²) in [6.07, 6.45) is 6.07. The highest BCUT2D eigenvalue weighted by Gasteiger charge is 2.33. The number of hydrazine groups is 1. The minimum atomic E-state index is -0.174. The molecule has 1 atom stereocenters. The molecule has 0 radical (unpaired) electrons. The van der Waals surface area contributed by atoms with Crippen molar-refractivity contribution in [2.45, 2.75) is 38.9 Å². The first-order chi connectivity index (χ1) is 14.0. The molecule has 1 unspecified atom stereocenters. The van der Waals surface area contributed by atoms with Crippen LogP contribution in [0.1, 0.15) is 29.9 Å². The number of hydrazone groups is 1. The van der Waals surface area contributed by atoms with Gasteiger partial charge in [0.15, 0.2) is 17.6 Å². The van der Waals surface area contributed by atoms with Gasteiger partial charge in [-0.05, 0) is 58.1 Å². The van der Waals surface area contributed by atoms with Crippen molar-refractivity contribution in [2.24, 2.45) is 10.1 Å². The standard InChI is InChI=1S/C21H26N6O2/c1-12-19-18(29-13(2)22-19)11-15(20(12)28-4)16-5-6-17-21(23-16)25-27(24-17)14-7-9-26(3)10-8-14/h5-6,11,14,21,25H,7-10H2,1-4H3. The lowest BCUT2D eigenvalue weighted by Crippen LogP contribution is -2.47. The summed E-state index contributed by atoms with van der Waals surface area (Å²) >= 11 is 0. The number of ether oxygens (including phenoxy) is 1. The highest BCUT2D eigenvalue weighted by atomic mass is 16.5. The van der Waals surface area contributed by atoms with Crippen molar-refractivity contribution in [2.75, 3.05) is 27.2 Å². The van der Waals surface area contributed by atoms with E-state index < -0.39 is 0 Å². The number of hydrogen-bond donors (Lipinski definition) is 1. The number of fused-ring (bicyclic) bond motifs is 2. The van der Waals surface area contributed by atoms with Crippen LogP contribution < -0.4 is 10.2 Å². The Kier molecular flexibility index (Phi) is 4.40. The van der Waals surface area contributed by atoms with E-state index in [1.54, 1.807) is 7.11 Å². The van der Waals surface area contributed by atoms with Gasteiger partial charge in [-0.1, -0.05) is 0 Å². The van der Waals surface area contributed by atoms with Crippen molar-refractivity contribution < 1.29 is 9.15 Å². The summed E-state index contributed by atoms with van der Waals surface area (Å²) in [6.45, 7) is 6.04. The second-order valence-corrected chi connectivity index (χ2v) is 7.95. The van der Waals surface area contributed by atoms with E-state index in [2.05, 4.69) is 22.4 Å². The predicted octanol–water partition coefficient (Wildman–Crippen LogP) is 2.41. The molecule has 8 heteroatoms. The second-order valence-electron chi connectivity index (χ2n) is 7.95. The van der Waals surface area contributed by atoms with E-state index in [4.69, 9.17) is 19.2 Å². The van der Waals surface area contributed by atoms with Crippen molar-refractivity contribution in [1.29, 1.82) is 0 Å². The zero-order valence-corrected chi connectivity index (χ0v) is 17.3. The van der Waals surface area contributed by atoms with Crippen molar-refractivity contribution in [3.8, 4) is 5.75 Å². The number of aromatic nitrogens is 1. The molecule has 0 amide bonds. The van der Waals surface area contributed by atoms with Crippen molar-refractivity contribution >= 4 is 22.5 Å². The molecule has 1 saturated heterocycles. The van der Waals surface area contributed by atoms with Crippen LogP contribution in [0.15, 0.2) is 32.7 Å². The van der Waals surface area contributed by atoms with Gasteiger partial charge in [0.2, 0.25) is 0 Å². The Labute approximate surface area is 169 Å². The smallest absolute Gasteiger partial charge is 0.192 e. The van der Waals surface area contributed by atoms with E-state index in [0.717, 1.165) is 65.3 Å². The van der Waals surface area contributed by atoms with Crippen LogP contribution in [0.25, 0.3) is 11.1 Å². The van der Waals surface area contributed by atoms with Gasteiger partial charge in [0.25, 0.3) is 0 Å². The zero-order chi connectivity index (χ0) is 20.1. The Morgan fingerprint density at radius 2 is 2.00 bits per heavy atom. The molecule has 29 heavy (non-hydrogen) atoms. The molecule has 8 nitrogen and oxygen atoms in total. The Morgan fingerprint density at radius 3 is 2.76 bits per heavy atom. The van der Waals surface area contributed by atoms with Crippen molar-refractivity contribution in [3.63, 3.8) is 0 Å². The van der Waals surface area contributed by atoms with Crippen molar-refractivity contribution in [3.05, 3.63) is 35.2 Å². The molecule has 5 rings (SSSR count). The Balaban J connectivity index is 1.45. The van der Waals surface area contributed by atoms with Gasteiger partial charge in [-0.3, -0.25) is 4.99 Å². The zero-order valence-electron chi connectivity index (χ0n) is 17.3. The number of rotatable bonds is 3. The van der Waals surface area contributed by atoms with E-state index in [9.17, 15) is 0 Å². The second kappa shape index (κ2) is 6.96. The van der Waals surface area contributed by atoms with Crippen molar-refractivity contribution in [1.82, 2.24) is 20.4 Å². The minimum Gasteiger partial charge on any atom is -0.496 e. The third kappa shape index (κ3) is 3.12. The number of aryl methyl sites for hydroxylation is 2. The Morgan fingerprint density at radius 1 is 1.21 bits per heavy atom. The van der Waals surface area contributed by atoms with Gasteiger partial charge < -0.3 is 14.1 Å². The predicted molar refractivity (Wildman–Crippen MR) is 112 cm³/mol. The quantitative estimate of drug-likeness (QED) is 0.861. The number of aliphatic imine (C=N–C) groups is 1. The number of dihydropyridines is 1. The van der Waals surface area contributed by atoms with Crippen LogP contribution in [-0.4, -0.2) is 65.9 Å². The summed E-state index contributed by atoms with van der Waals surface area (Å²) in [6, 6.07) is 2.37. The lowest BCUT2D eigenvalue weighted by Gasteiger charge is -2.33. The van der Waals surface area contributed by atoms with Gasteiger partial charge in [0.05, 0.1) is 18.9 Å². The SMILES string of the molecule is COc1c(C2=NC3NN(C4CCN(C)CC4)N=C3C=C2)cc2oc(C)nc2c1C. The number of oxazole rings is 1. The third-order valence-corrected chi connectivity index (χ3v) is 5.93. The van der Waals surface area contributed by atoms with Gasteiger partial charge in [-0.25, -0.2) is 10.1 Å². The van der Waals surface area contributed by atoms with E-state index in [1.807, 2.05) is 37.2 Å². The van der Waals surface area contributed by atoms with Gasteiger partial charge >= 0.3 is 0 Å². The molecule has 1 aromatic heterocycles. The molecule has 152 valence electrons. The summed E-state index contributed by atoms with van der Waals surface area (Å²) in [5.41, 5.74) is 8.70. The van der Waals surface area contributed by atoms with Gasteiger partial charge in [-0.15, -0.1) is 0 Å². The van der Waals surface area contributed by atoms with Crippen LogP contribution in [0.2, 0.25) is 0 Å². The van der Waals surface area contributed by atoms with E-state index in [-0.39, 0.29) is 6.17 Å². The van der Waals surface area contributed by atoms with E-state index in [1.165, 1.54) is 0 Å². The first-order valence-electron chi connectivity index (χ1n) is 10.1.